The van der Waals surface area contributed by atoms with Crippen molar-refractivity contribution >= 4 is 5.97 Å². The lowest BCUT2D eigenvalue weighted by Gasteiger charge is -2.20. The largest absolute Gasteiger partial charge is 0.463 e. The molecule has 0 aromatic rings. The molecule has 0 spiro atoms. The first kappa shape index (κ1) is 13.9. The molecular formula is C11H19NO3. The minimum absolute atomic E-state index is 0.200. The number of carbonyl (C=O) groups is 1. The van der Waals surface area contributed by atoms with Crippen molar-refractivity contribution in [3.8, 4) is 6.07 Å². The predicted molar refractivity (Wildman–Crippen MR) is 56.1 cm³/mol. The topological polar surface area (TPSA) is 59.3 Å². The molecule has 0 radical (unpaired) electrons. The molecule has 15 heavy (non-hydrogen) atoms. The van der Waals surface area contributed by atoms with E-state index >= 15 is 0 Å². The van der Waals surface area contributed by atoms with Crippen LogP contribution in [0.4, 0.5) is 0 Å². The number of nitrogens with zero attached hydrogens (tertiary/aromatic N) is 1. The summed E-state index contributed by atoms with van der Waals surface area (Å²) >= 11 is 0. The fourth-order valence-corrected chi connectivity index (χ4v) is 0.753. The minimum Gasteiger partial charge on any atom is -0.463 e. The second kappa shape index (κ2) is 7.24. The molecule has 4 nitrogen and oxygen atoms in total. The first-order valence-electron chi connectivity index (χ1n) is 5.16. The summed E-state index contributed by atoms with van der Waals surface area (Å²) in [5, 5.41) is 8.23. The van der Waals surface area contributed by atoms with Gasteiger partial charge in [-0.05, 0) is 20.3 Å². The van der Waals surface area contributed by atoms with Crippen molar-refractivity contribution < 1.29 is 14.3 Å². The van der Waals surface area contributed by atoms with Gasteiger partial charge in [-0.3, -0.25) is 4.79 Å². The van der Waals surface area contributed by atoms with E-state index in [2.05, 4.69) is 0 Å². The molecule has 86 valence electrons. The number of esters is 1. The third-order valence-electron chi connectivity index (χ3n) is 2.26. The molecule has 0 aliphatic carbocycles. The molecule has 0 atom stereocenters. The first-order valence-corrected chi connectivity index (χ1v) is 5.16. The van der Waals surface area contributed by atoms with Crippen LogP contribution in [0.15, 0.2) is 0 Å². The van der Waals surface area contributed by atoms with Crippen molar-refractivity contribution in [1.29, 1.82) is 5.26 Å². The Bertz CT molecular complexity index is 230. The monoisotopic (exact) mass is 213 g/mol. The Hall–Kier alpha value is -1.08. The smallest absolute Gasteiger partial charge is 0.311 e. The molecule has 0 aliphatic rings. The van der Waals surface area contributed by atoms with E-state index in [1.54, 1.807) is 0 Å². The van der Waals surface area contributed by atoms with Gasteiger partial charge in [0.2, 0.25) is 0 Å². The van der Waals surface area contributed by atoms with E-state index in [1.807, 2.05) is 26.8 Å². The molecule has 4 heteroatoms. The fraction of sp³-hybridized carbons (Fsp3) is 0.818. The standard InChI is InChI=1S/C11H19NO3/c1-4-11(2,3)10(13)15-9-8-14-7-5-6-12/h4-5,7-9H2,1-3H3. The molecule has 0 aromatic carbocycles. The molecular weight excluding hydrogens is 194 g/mol. The van der Waals surface area contributed by atoms with E-state index < -0.39 is 5.41 Å². The van der Waals surface area contributed by atoms with E-state index in [-0.39, 0.29) is 12.6 Å². The third kappa shape index (κ3) is 6.08. The van der Waals surface area contributed by atoms with Gasteiger partial charge < -0.3 is 9.47 Å². The average Bonchev–Trinajstić information content (AvgIpc) is 2.22. The quantitative estimate of drug-likeness (QED) is 0.478. The molecule has 0 saturated heterocycles. The van der Waals surface area contributed by atoms with Crippen LogP contribution in [0.2, 0.25) is 0 Å². The lowest BCUT2D eigenvalue weighted by molar-refractivity contribution is -0.155. The summed E-state index contributed by atoms with van der Waals surface area (Å²) in [6.45, 7) is 6.66. The fourth-order valence-electron chi connectivity index (χ4n) is 0.753. The molecule has 0 rings (SSSR count). The summed E-state index contributed by atoms with van der Waals surface area (Å²) in [5.41, 5.74) is -0.424. The number of ether oxygens (including phenoxy) is 2. The first-order chi connectivity index (χ1) is 7.04. The van der Waals surface area contributed by atoms with Gasteiger partial charge >= 0.3 is 5.97 Å². The van der Waals surface area contributed by atoms with Crippen LogP contribution in [0.1, 0.15) is 33.6 Å². The van der Waals surface area contributed by atoms with Crippen LogP contribution in [0.3, 0.4) is 0 Å². The van der Waals surface area contributed by atoms with Crippen LogP contribution < -0.4 is 0 Å². The Morgan fingerprint density at radius 2 is 2.00 bits per heavy atom. The van der Waals surface area contributed by atoms with Gasteiger partial charge in [-0.25, -0.2) is 0 Å². The number of carbonyl (C=O) groups excluding carboxylic acids is 1. The van der Waals surface area contributed by atoms with E-state index in [0.717, 1.165) is 6.42 Å². The van der Waals surface area contributed by atoms with E-state index in [4.69, 9.17) is 14.7 Å². The zero-order chi connectivity index (χ0) is 11.7. The summed E-state index contributed by atoms with van der Waals surface area (Å²) in [7, 11) is 0. The van der Waals surface area contributed by atoms with Gasteiger partial charge in [0.05, 0.1) is 31.1 Å². The van der Waals surface area contributed by atoms with Gasteiger partial charge in [0.1, 0.15) is 6.61 Å². The maximum Gasteiger partial charge on any atom is 0.311 e. The van der Waals surface area contributed by atoms with E-state index in [9.17, 15) is 4.79 Å². The highest BCUT2D eigenvalue weighted by Crippen LogP contribution is 2.21. The van der Waals surface area contributed by atoms with Crippen LogP contribution in [0.25, 0.3) is 0 Å². The van der Waals surface area contributed by atoms with Crippen molar-refractivity contribution in [2.24, 2.45) is 5.41 Å². The number of hydrogen-bond acceptors (Lipinski definition) is 4. The van der Waals surface area contributed by atoms with Crippen LogP contribution in [-0.4, -0.2) is 25.8 Å². The van der Waals surface area contributed by atoms with Gasteiger partial charge in [-0.2, -0.15) is 5.26 Å². The molecule has 0 aliphatic heterocycles. The molecule has 0 fully saturated rings. The SMILES string of the molecule is CCC(C)(C)C(=O)OCCOCCC#N. The Kier molecular flexibility index (Phi) is 6.72. The van der Waals surface area contributed by atoms with Crippen molar-refractivity contribution in [3.05, 3.63) is 0 Å². The maximum atomic E-state index is 11.5. The Balaban J connectivity index is 3.52. The highest BCUT2D eigenvalue weighted by Gasteiger charge is 2.26. The van der Waals surface area contributed by atoms with Gasteiger partial charge in [0.25, 0.3) is 0 Å². The number of hydrogen-bond donors (Lipinski definition) is 0. The Morgan fingerprint density at radius 1 is 1.33 bits per heavy atom. The predicted octanol–water partition coefficient (Wildman–Crippen LogP) is 1.90. The average molecular weight is 213 g/mol. The summed E-state index contributed by atoms with van der Waals surface area (Å²) < 4.78 is 10.1. The second-order valence-electron chi connectivity index (χ2n) is 3.89. The van der Waals surface area contributed by atoms with E-state index in [1.165, 1.54) is 0 Å². The lowest BCUT2D eigenvalue weighted by Crippen LogP contribution is -2.27. The van der Waals surface area contributed by atoms with Crippen LogP contribution >= 0.6 is 0 Å². The molecule has 0 heterocycles. The van der Waals surface area contributed by atoms with Gasteiger partial charge in [-0.1, -0.05) is 6.92 Å². The lowest BCUT2D eigenvalue weighted by atomic mass is 9.91. The van der Waals surface area contributed by atoms with Crippen LogP contribution in [0.5, 0.6) is 0 Å². The van der Waals surface area contributed by atoms with Crippen LogP contribution in [0, 0.1) is 16.7 Å². The molecule has 0 N–H and O–H groups in total. The van der Waals surface area contributed by atoms with Crippen molar-refractivity contribution in [1.82, 2.24) is 0 Å². The number of rotatable bonds is 7. The van der Waals surface area contributed by atoms with Crippen molar-refractivity contribution in [2.45, 2.75) is 33.6 Å². The zero-order valence-corrected chi connectivity index (χ0v) is 9.71. The Morgan fingerprint density at radius 3 is 2.53 bits per heavy atom. The van der Waals surface area contributed by atoms with Crippen molar-refractivity contribution in [3.63, 3.8) is 0 Å². The minimum atomic E-state index is -0.424. The van der Waals surface area contributed by atoms with E-state index in [0.29, 0.717) is 19.6 Å². The summed E-state index contributed by atoms with van der Waals surface area (Å²) in [5.74, 6) is -0.200. The van der Waals surface area contributed by atoms with Gasteiger partial charge in [0, 0.05) is 0 Å². The summed E-state index contributed by atoms with van der Waals surface area (Å²) in [6.07, 6.45) is 1.12. The highest BCUT2D eigenvalue weighted by molar-refractivity contribution is 5.75. The summed E-state index contributed by atoms with van der Waals surface area (Å²) in [6, 6.07) is 1.97. The molecule has 0 saturated carbocycles. The molecule has 0 bridgehead atoms. The molecule has 0 unspecified atom stereocenters. The van der Waals surface area contributed by atoms with Crippen LogP contribution in [-0.2, 0) is 14.3 Å². The maximum absolute atomic E-state index is 11.5. The molecule has 0 aromatic heterocycles. The Labute approximate surface area is 91.2 Å². The zero-order valence-electron chi connectivity index (χ0n) is 9.71. The van der Waals surface area contributed by atoms with Gasteiger partial charge in [0.15, 0.2) is 0 Å². The number of nitriles is 1. The van der Waals surface area contributed by atoms with Crippen molar-refractivity contribution in [2.75, 3.05) is 19.8 Å². The second-order valence-corrected chi connectivity index (χ2v) is 3.89. The normalized spacial score (nSPS) is 10.8. The highest BCUT2D eigenvalue weighted by atomic mass is 16.6. The third-order valence-corrected chi connectivity index (χ3v) is 2.26. The summed E-state index contributed by atoms with van der Waals surface area (Å²) in [4.78, 5) is 11.5. The molecule has 0 amide bonds. The van der Waals surface area contributed by atoms with Gasteiger partial charge in [-0.15, -0.1) is 0 Å².